The molecule has 0 aliphatic carbocycles. The minimum atomic E-state index is 0.357. The first-order valence-corrected chi connectivity index (χ1v) is 15.1. The molecule has 0 spiro atoms. The van der Waals surface area contributed by atoms with E-state index in [1.165, 1.54) is 38.8 Å². The van der Waals surface area contributed by atoms with Gasteiger partial charge in [-0.3, -0.25) is 0 Å². The zero-order chi connectivity index (χ0) is 25.5. The highest BCUT2D eigenvalue weighted by molar-refractivity contribution is 8.22. The Morgan fingerprint density at radius 1 is 1.05 bits per heavy atom. The number of thiocarbonyl (C=S) groups is 1. The number of hydrogen-bond acceptors (Lipinski definition) is 9. The Morgan fingerprint density at radius 3 is 2.65 bits per heavy atom. The average molecular weight is 546 g/mol. The summed E-state index contributed by atoms with van der Waals surface area (Å²) < 4.78 is 18.6. The number of piperazine rings is 1. The molecule has 1 unspecified atom stereocenters. The summed E-state index contributed by atoms with van der Waals surface area (Å²) in [7, 11) is 1.69. The summed E-state index contributed by atoms with van der Waals surface area (Å²) in [6.07, 6.45) is 9.33. The van der Waals surface area contributed by atoms with Crippen LogP contribution >= 0.6 is 24.0 Å². The van der Waals surface area contributed by atoms with Crippen LogP contribution in [0.4, 0.5) is 5.82 Å². The van der Waals surface area contributed by atoms with E-state index in [0.717, 1.165) is 90.5 Å². The molecule has 1 atom stereocenters. The molecule has 5 rings (SSSR count). The molecule has 10 heteroatoms. The van der Waals surface area contributed by atoms with Crippen molar-refractivity contribution in [2.24, 2.45) is 0 Å². The predicted molar refractivity (Wildman–Crippen MR) is 154 cm³/mol. The molecule has 1 aromatic heterocycles. The second kappa shape index (κ2) is 13.3. The number of thioether (sulfide) groups is 1. The van der Waals surface area contributed by atoms with Crippen LogP contribution in [-0.4, -0.2) is 102 Å². The minimum Gasteiger partial charge on any atom is -0.493 e. The second-order valence-electron chi connectivity index (χ2n) is 10.0. The Balaban J connectivity index is 1.18. The first-order valence-electron chi connectivity index (χ1n) is 13.7. The highest BCUT2D eigenvalue weighted by Gasteiger charge is 2.24. The molecule has 0 amide bonds. The number of fused-ring (bicyclic) bond motifs is 1. The Bertz CT molecular complexity index is 1040. The lowest BCUT2D eigenvalue weighted by Gasteiger charge is -2.37. The summed E-state index contributed by atoms with van der Waals surface area (Å²) in [5, 5.41) is 0.990. The van der Waals surface area contributed by atoms with Crippen LogP contribution < -0.4 is 14.4 Å². The van der Waals surface area contributed by atoms with Gasteiger partial charge in [-0.25, -0.2) is 9.97 Å². The summed E-state index contributed by atoms with van der Waals surface area (Å²) in [5.41, 5.74) is 0.877. The van der Waals surface area contributed by atoms with Crippen LogP contribution in [-0.2, 0) is 4.74 Å². The van der Waals surface area contributed by atoms with Crippen LogP contribution in [0.2, 0.25) is 0 Å². The molecule has 3 aliphatic heterocycles. The molecule has 2 aromatic rings. The third-order valence-electron chi connectivity index (χ3n) is 7.48. The largest absolute Gasteiger partial charge is 0.493 e. The molecule has 3 fully saturated rings. The summed E-state index contributed by atoms with van der Waals surface area (Å²) >= 11 is 7.48. The highest BCUT2D eigenvalue weighted by Crippen LogP contribution is 2.35. The first-order chi connectivity index (χ1) is 18.2. The maximum absolute atomic E-state index is 6.15. The SMILES string of the molecule is COc1cc2c(N3CCN(C(=S)SCC4CCCO4)CC3)ncnc2cc1OCCCN1CCCCC1. The zero-order valence-electron chi connectivity index (χ0n) is 21.9. The summed E-state index contributed by atoms with van der Waals surface area (Å²) in [5.74, 6) is 3.37. The second-order valence-corrected chi connectivity index (χ2v) is 11.7. The molecule has 202 valence electrons. The van der Waals surface area contributed by atoms with Gasteiger partial charge in [0.25, 0.3) is 0 Å². The first kappa shape index (κ1) is 26.7. The van der Waals surface area contributed by atoms with Crippen LogP contribution in [0.1, 0.15) is 38.5 Å². The minimum absolute atomic E-state index is 0.357. The zero-order valence-corrected chi connectivity index (χ0v) is 23.5. The van der Waals surface area contributed by atoms with Crippen molar-refractivity contribution in [3.63, 3.8) is 0 Å². The number of aromatic nitrogens is 2. The molecule has 37 heavy (non-hydrogen) atoms. The van der Waals surface area contributed by atoms with Gasteiger partial charge >= 0.3 is 0 Å². The molecule has 8 nitrogen and oxygen atoms in total. The lowest BCUT2D eigenvalue weighted by molar-refractivity contribution is 0.129. The third-order valence-corrected chi connectivity index (χ3v) is 9.13. The average Bonchev–Trinajstić information content (AvgIpc) is 3.48. The molecule has 3 aliphatic rings. The standard InChI is InChI=1S/C27H39N5O3S2/c1-33-24-17-22-23(18-25(24)35-16-6-10-30-8-3-2-4-9-30)28-20-29-26(22)31-11-13-32(14-12-31)27(36)37-19-21-7-5-15-34-21/h17-18,20-21H,2-16,19H2,1H3. The Labute approximate surface area is 230 Å². The molecule has 1 aromatic carbocycles. The quantitative estimate of drug-likeness (QED) is 0.338. The lowest BCUT2D eigenvalue weighted by atomic mass is 10.1. The van der Waals surface area contributed by atoms with Gasteiger partial charge in [0.05, 0.1) is 25.3 Å². The topological polar surface area (TPSA) is 63.2 Å². The van der Waals surface area contributed by atoms with E-state index in [9.17, 15) is 0 Å². The fraction of sp³-hybridized carbons (Fsp3) is 0.667. The smallest absolute Gasteiger partial charge is 0.163 e. The van der Waals surface area contributed by atoms with Gasteiger partial charge in [0.1, 0.15) is 16.5 Å². The van der Waals surface area contributed by atoms with Gasteiger partial charge < -0.3 is 28.9 Å². The van der Waals surface area contributed by atoms with E-state index in [4.69, 9.17) is 26.4 Å². The van der Waals surface area contributed by atoms with E-state index in [0.29, 0.717) is 12.7 Å². The summed E-state index contributed by atoms with van der Waals surface area (Å²) in [6.45, 7) is 8.58. The Hall–Kier alpha value is -1.88. The van der Waals surface area contributed by atoms with Crippen molar-refractivity contribution < 1.29 is 14.2 Å². The molecule has 3 saturated heterocycles. The van der Waals surface area contributed by atoms with Crippen molar-refractivity contribution in [2.75, 3.05) is 76.8 Å². The van der Waals surface area contributed by atoms with Gasteiger partial charge in [-0.05, 0) is 51.3 Å². The fourth-order valence-electron chi connectivity index (χ4n) is 5.36. The Morgan fingerprint density at radius 2 is 1.89 bits per heavy atom. The number of benzene rings is 1. The molecule has 0 radical (unpaired) electrons. The van der Waals surface area contributed by atoms with E-state index < -0.39 is 0 Å². The van der Waals surface area contributed by atoms with E-state index in [1.807, 2.05) is 12.1 Å². The van der Waals surface area contributed by atoms with Crippen LogP contribution in [0.3, 0.4) is 0 Å². The number of nitrogens with zero attached hydrogens (tertiary/aromatic N) is 5. The maximum Gasteiger partial charge on any atom is 0.163 e. The summed E-state index contributed by atoms with van der Waals surface area (Å²) in [6, 6.07) is 4.02. The molecule has 0 bridgehead atoms. The van der Waals surface area contributed by atoms with Gasteiger partial charge in [0.2, 0.25) is 0 Å². The lowest BCUT2D eigenvalue weighted by Crippen LogP contribution is -2.48. The van der Waals surface area contributed by atoms with Crippen LogP contribution in [0.15, 0.2) is 18.5 Å². The van der Waals surface area contributed by atoms with Crippen molar-refractivity contribution >= 4 is 45.0 Å². The van der Waals surface area contributed by atoms with Crippen molar-refractivity contribution in [1.82, 2.24) is 19.8 Å². The molecular weight excluding hydrogens is 506 g/mol. The number of methoxy groups -OCH3 is 1. The van der Waals surface area contributed by atoms with Crippen molar-refractivity contribution in [3.8, 4) is 11.5 Å². The monoisotopic (exact) mass is 545 g/mol. The third kappa shape index (κ3) is 6.96. The maximum atomic E-state index is 6.15. The van der Waals surface area contributed by atoms with Crippen molar-refractivity contribution in [2.45, 2.75) is 44.6 Å². The van der Waals surface area contributed by atoms with E-state index in [-0.39, 0.29) is 0 Å². The fourth-order valence-corrected chi connectivity index (χ4v) is 6.70. The Kier molecular flexibility index (Phi) is 9.58. The van der Waals surface area contributed by atoms with Gasteiger partial charge in [-0.2, -0.15) is 0 Å². The van der Waals surface area contributed by atoms with E-state index in [1.54, 1.807) is 25.2 Å². The normalized spacial score (nSPS) is 20.9. The van der Waals surface area contributed by atoms with E-state index in [2.05, 4.69) is 24.7 Å². The summed E-state index contributed by atoms with van der Waals surface area (Å²) in [4.78, 5) is 16.4. The van der Waals surface area contributed by atoms with Crippen LogP contribution in [0.25, 0.3) is 10.9 Å². The number of anilines is 1. The molecule has 0 N–H and O–H groups in total. The van der Waals surface area contributed by atoms with Gasteiger partial charge in [0, 0.05) is 56.5 Å². The molecular formula is C27H39N5O3S2. The number of rotatable bonds is 9. The van der Waals surface area contributed by atoms with Crippen molar-refractivity contribution in [1.29, 1.82) is 0 Å². The van der Waals surface area contributed by atoms with Gasteiger partial charge in [-0.15, -0.1) is 0 Å². The highest BCUT2D eigenvalue weighted by atomic mass is 32.2. The van der Waals surface area contributed by atoms with Crippen LogP contribution in [0.5, 0.6) is 11.5 Å². The number of ether oxygens (including phenoxy) is 3. The molecule has 4 heterocycles. The van der Waals surface area contributed by atoms with Crippen LogP contribution in [0, 0.1) is 0 Å². The predicted octanol–water partition coefficient (Wildman–Crippen LogP) is 4.21. The number of hydrogen-bond donors (Lipinski definition) is 0. The molecule has 0 saturated carbocycles. The number of likely N-dealkylation sites (tertiary alicyclic amines) is 1. The number of piperidine rings is 1. The van der Waals surface area contributed by atoms with E-state index >= 15 is 0 Å². The van der Waals surface area contributed by atoms with Gasteiger partial charge in [-0.1, -0.05) is 30.4 Å². The van der Waals surface area contributed by atoms with Crippen molar-refractivity contribution in [3.05, 3.63) is 18.5 Å². The van der Waals surface area contributed by atoms with Gasteiger partial charge in [0.15, 0.2) is 11.5 Å².